The average molecular weight is 159 g/mol. The molecule has 0 bridgehead atoms. The number of hydrogen-bond acceptors (Lipinski definition) is 1. The molecule has 0 saturated heterocycles. The van der Waals surface area contributed by atoms with Gasteiger partial charge in [-0.15, -0.1) is 0 Å². The van der Waals surface area contributed by atoms with Gasteiger partial charge in [0, 0.05) is 12.8 Å². The Balaban J connectivity index is 2.55. The standard InChI is InChI=1S/C11H13N/c1-2-4-6-8-10-12-11-9-7-5-3-1/h1-8,10H,9,11H2. The molecule has 0 N–H and O–H groups in total. The first-order valence-corrected chi connectivity index (χ1v) is 4.15. The fourth-order valence-corrected chi connectivity index (χ4v) is 0.830. The summed E-state index contributed by atoms with van der Waals surface area (Å²) in [5.74, 6) is 0. The summed E-state index contributed by atoms with van der Waals surface area (Å²) in [4.78, 5) is 4.18. The molecule has 1 heterocycles. The smallest absolute Gasteiger partial charge is 0.0423 e. The molecule has 1 aliphatic rings. The van der Waals surface area contributed by atoms with Crippen LogP contribution in [0, 0.1) is 0 Å². The Morgan fingerprint density at radius 2 is 1.42 bits per heavy atom. The molecule has 0 amide bonds. The fraction of sp³-hybridized carbons (Fsp3) is 0.182. The zero-order chi connectivity index (χ0) is 8.49. The van der Waals surface area contributed by atoms with Crippen LogP contribution in [0.25, 0.3) is 0 Å². The van der Waals surface area contributed by atoms with Gasteiger partial charge in [-0.25, -0.2) is 0 Å². The molecule has 1 aliphatic heterocycles. The van der Waals surface area contributed by atoms with Crippen LogP contribution < -0.4 is 0 Å². The largest absolute Gasteiger partial charge is 0.293 e. The minimum absolute atomic E-state index is 0.873. The van der Waals surface area contributed by atoms with Crippen molar-refractivity contribution in [1.29, 1.82) is 0 Å². The lowest BCUT2D eigenvalue weighted by atomic mass is 10.3. The maximum Gasteiger partial charge on any atom is 0.0423 e. The summed E-state index contributed by atoms with van der Waals surface area (Å²) in [6.07, 6.45) is 18.9. The van der Waals surface area contributed by atoms with Crippen molar-refractivity contribution in [2.24, 2.45) is 4.99 Å². The Morgan fingerprint density at radius 1 is 0.750 bits per heavy atom. The van der Waals surface area contributed by atoms with E-state index in [1.807, 2.05) is 48.7 Å². The van der Waals surface area contributed by atoms with Crippen LogP contribution in [0.5, 0.6) is 0 Å². The number of rotatable bonds is 0. The van der Waals surface area contributed by atoms with Crippen molar-refractivity contribution in [3.63, 3.8) is 0 Å². The second-order valence-corrected chi connectivity index (χ2v) is 2.43. The van der Waals surface area contributed by atoms with Crippen LogP contribution in [0.15, 0.2) is 53.6 Å². The predicted molar refractivity (Wildman–Crippen MR) is 54.5 cm³/mol. The minimum Gasteiger partial charge on any atom is -0.293 e. The zero-order valence-corrected chi connectivity index (χ0v) is 7.06. The van der Waals surface area contributed by atoms with Crippen LogP contribution in [-0.2, 0) is 0 Å². The lowest BCUT2D eigenvalue weighted by molar-refractivity contribution is 1.01. The topological polar surface area (TPSA) is 12.4 Å². The molecule has 0 aromatic rings. The highest BCUT2D eigenvalue weighted by Crippen LogP contribution is 1.88. The van der Waals surface area contributed by atoms with Crippen molar-refractivity contribution in [2.45, 2.75) is 6.42 Å². The Bertz CT molecular complexity index is 216. The van der Waals surface area contributed by atoms with Crippen molar-refractivity contribution in [2.75, 3.05) is 6.54 Å². The van der Waals surface area contributed by atoms with Gasteiger partial charge < -0.3 is 0 Å². The quantitative estimate of drug-likeness (QED) is 0.515. The molecule has 1 heteroatoms. The van der Waals surface area contributed by atoms with Crippen LogP contribution in [-0.4, -0.2) is 12.8 Å². The molecular weight excluding hydrogens is 146 g/mol. The van der Waals surface area contributed by atoms with E-state index in [1.54, 1.807) is 0 Å². The molecule has 0 spiro atoms. The number of allylic oxidation sites excluding steroid dienone is 7. The van der Waals surface area contributed by atoms with E-state index in [0.29, 0.717) is 0 Å². The van der Waals surface area contributed by atoms with E-state index in [4.69, 9.17) is 0 Å². The number of hydrogen-bond donors (Lipinski definition) is 0. The fourth-order valence-electron chi connectivity index (χ4n) is 0.830. The maximum absolute atomic E-state index is 4.18. The van der Waals surface area contributed by atoms with Gasteiger partial charge in [0.25, 0.3) is 0 Å². The van der Waals surface area contributed by atoms with Crippen LogP contribution in [0.4, 0.5) is 0 Å². The molecule has 0 atom stereocenters. The molecule has 1 rings (SSSR count). The Hall–Kier alpha value is -1.37. The third-order valence-corrected chi connectivity index (χ3v) is 1.42. The minimum atomic E-state index is 0.873. The van der Waals surface area contributed by atoms with Gasteiger partial charge >= 0.3 is 0 Å². The van der Waals surface area contributed by atoms with Crippen molar-refractivity contribution in [3.05, 3.63) is 48.6 Å². The van der Waals surface area contributed by atoms with Crippen molar-refractivity contribution >= 4 is 6.21 Å². The summed E-state index contributed by atoms with van der Waals surface area (Å²) < 4.78 is 0. The second kappa shape index (κ2) is 6.35. The molecule has 0 unspecified atom stereocenters. The van der Waals surface area contributed by atoms with Gasteiger partial charge in [-0.2, -0.15) is 0 Å². The second-order valence-electron chi connectivity index (χ2n) is 2.43. The van der Waals surface area contributed by atoms with E-state index in [2.05, 4.69) is 11.1 Å². The van der Waals surface area contributed by atoms with E-state index in [9.17, 15) is 0 Å². The molecule has 0 radical (unpaired) electrons. The first-order chi connectivity index (χ1) is 6.00. The van der Waals surface area contributed by atoms with Gasteiger partial charge in [-0.1, -0.05) is 42.5 Å². The van der Waals surface area contributed by atoms with E-state index in [0.717, 1.165) is 13.0 Å². The molecule has 0 fully saturated rings. The predicted octanol–water partition coefficient (Wildman–Crippen LogP) is 2.69. The number of nitrogens with zero attached hydrogens (tertiary/aromatic N) is 1. The van der Waals surface area contributed by atoms with E-state index in [1.165, 1.54) is 0 Å². The molecule has 0 aromatic carbocycles. The molecule has 0 saturated carbocycles. The van der Waals surface area contributed by atoms with Crippen LogP contribution in [0.2, 0.25) is 0 Å². The van der Waals surface area contributed by atoms with Crippen LogP contribution >= 0.6 is 0 Å². The average Bonchev–Trinajstić information content (AvgIpc) is 2.05. The molecule has 0 aromatic heterocycles. The summed E-state index contributed by atoms with van der Waals surface area (Å²) in [7, 11) is 0. The Labute approximate surface area is 73.5 Å². The summed E-state index contributed by atoms with van der Waals surface area (Å²) in [6, 6.07) is 0. The van der Waals surface area contributed by atoms with Gasteiger partial charge in [0.05, 0.1) is 0 Å². The highest BCUT2D eigenvalue weighted by atomic mass is 14.7. The Kier molecular flexibility index (Phi) is 4.61. The third kappa shape index (κ3) is 4.45. The summed E-state index contributed by atoms with van der Waals surface area (Å²) in [5, 5.41) is 0. The Morgan fingerprint density at radius 3 is 2.25 bits per heavy atom. The number of aliphatic imine (C=N–C) groups is 1. The van der Waals surface area contributed by atoms with Crippen molar-refractivity contribution in [1.82, 2.24) is 0 Å². The lowest BCUT2D eigenvalue weighted by Gasteiger charge is -1.85. The third-order valence-electron chi connectivity index (χ3n) is 1.42. The summed E-state index contributed by atoms with van der Waals surface area (Å²) >= 11 is 0. The van der Waals surface area contributed by atoms with Gasteiger partial charge in [0.1, 0.15) is 0 Å². The highest BCUT2D eigenvalue weighted by molar-refractivity contribution is 5.71. The lowest BCUT2D eigenvalue weighted by Crippen LogP contribution is -1.76. The monoisotopic (exact) mass is 159 g/mol. The van der Waals surface area contributed by atoms with E-state index < -0.39 is 0 Å². The normalized spacial score (nSPS) is 17.3. The zero-order valence-electron chi connectivity index (χ0n) is 7.06. The summed E-state index contributed by atoms with van der Waals surface area (Å²) in [5.41, 5.74) is 0. The SMILES string of the molecule is C1=CC=CC=NCCC=CC=C1. The highest BCUT2D eigenvalue weighted by Gasteiger charge is 1.74. The first kappa shape index (κ1) is 8.72. The van der Waals surface area contributed by atoms with E-state index in [-0.39, 0.29) is 0 Å². The molecule has 62 valence electrons. The summed E-state index contributed by atoms with van der Waals surface area (Å²) in [6.45, 7) is 0.873. The first-order valence-electron chi connectivity index (χ1n) is 4.15. The molecule has 0 aliphatic carbocycles. The maximum atomic E-state index is 4.18. The van der Waals surface area contributed by atoms with Crippen molar-refractivity contribution < 1.29 is 0 Å². The van der Waals surface area contributed by atoms with Crippen LogP contribution in [0.3, 0.4) is 0 Å². The molecule has 1 nitrogen and oxygen atoms in total. The van der Waals surface area contributed by atoms with Gasteiger partial charge in [0.2, 0.25) is 0 Å². The van der Waals surface area contributed by atoms with Gasteiger partial charge in [0.15, 0.2) is 0 Å². The van der Waals surface area contributed by atoms with Crippen LogP contribution in [0.1, 0.15) is 6.42 Å². The van der Waals surface area contributed by atoms with Gasteiger partial charge in [-0.3, -0.25) is 4.99 Å². The molecule has 12 heavy (non-hydrogen) atoms. The van der Waals surface area contributed by atoms with E-state index >= 15 is 0 Å². The van der Waals surface area contributed by atoms with Crippen molar-refractivity contribution in [3.8, 4) is 0 Å². The van der Waals surface area contributed by atoms with Gasteiger partial charge in [-0.05, 0) is 12.5 Å². The molecular formula is C11H13N.